The monoisotopic (exact) mass is 363 g/mol. The summed E-state index contributed by atoms with van der Waals surface area (Å²) in [6.45, 7) is 7.08. The van der Waals surface area contributed by atoms with Crippen LogP contribution in [0.25, 0.3) is 0 Å². The first-order valence-electron chi connectivity index (χ1n) is 9.10. The van der Waals surface area contributed by atoms with Crippen molar-refractivity contribution in [1.82, 2.24) is 15.1 Å². The van der Waals surface area contributed by atoms with Gasteiger partial charge in [-0.05, 0) is 56.7 Å². The Kier molecular flexibility index (Phi) is 5.91. The zero-order chi connectivity index (χ0) is 19.2. The molecule has 5 heteroatoms. The largest absolute Gasteiger partial charge is 0.491 e. The van der Waals surface area contributed by atoms with Gasteiger partial charge in [0.2, 0.25) is 0 Å². The van der Waals surface area contributed by atoms with Gasteiger partial charge in [-0.1, -0.05) is 30.3 Å². The maximum absolute atomic E-state index is 12.4. The van der Waals surface area contributed by atoms with Crippen LogP contribution in [0, 0.1) is 13.8 Å². The van der Waals surface area contributed by atoms with Gasteiger partial charge in [-0.3, -0.25) is 9.48 Å². The number of amides is 1. The normalized spacial score (nSPS) is 11.8. The van der Waals surface area contributed by atoms with Gasteiger partial charge in [0, 0.05) is 11.3 Å². The molecule has 1 amide bonds. The average molecular weight is 363 g/mol. The number of carbonyl (C=O) groups is 1. The number of nitrogens with one attached hydrogen (secondary N) is 1. The van der Waals surface area contributed by atoms with Crippen LogP contribution in [0.15, 0.2) is 60.7 Å². The predicted molar refractivity (Wildman–Crippen MR) is 106 cm³/mol. The van der Waals surface area contributed by atoms with Crippen molar-refractivity contribution >= 4 is 5.91 Å². The topological polar surface area (TPSA) is 56.2 Å². The summed E-state index contributed by atoms with van der Waals surface area (Å²) in [7, 11) is 0. The van der Waals surface area contributed by atoms with Gasteiger partial charge in [0.15, 0.2) is 0 Å². The fourth-order valence-electron chi connectivity index (χ4n) is 2.86. The number of carbonyl (C=O) groups excluding carboxylic acids is 1. The average Bonchev–Trinajstić information content (AvgIpc) is 2.98. The van der Waals surface area contributed by atoms with E-state index in [2.05, 4.69) is 16.5 Å². The first-order valence-corrected chi connectivity index (χ1v) is 9.10. The molecule has 140 valence electrons. The number of aromatic nitrogens is 2. The van der Waals surface area contributed by atoms with E-state index in [0.29, 0.717) is 18.7 Å². The lowest BCUT2D eigenvalue weighted by Gasteiger charge is -2.15. The van der Waals surface area contributed by atoms with Crippen LogP contribution in [-0.4, -0.2) is 28.3 Å². The van der Waals surface area contributed by atoms with E-state index in [1.807, 2.05) is 80.1 Å². The Balaban J connectivity index is 1.53. The highest BCUT2D eigenvalue weighted by Crippen LogP contribution is 2.11. The third-order valence-electron chi connectivity index (χ3n) is 4.27. The second-order valence-corrected chi connectivity index (χ2v) is 6.78. The fraction of sp³-hybridized carbons (Fsp3) is 0.273. The smallest absolute Gasteiger partial charge is 0.251 e. The minimum atomic E-state index is -0.100. The van der Waals surface area contributed by atoms with E-state index >= 15 is 0 Å². The number of para-hydroxylation sites is 1. The van der Waals surface area contributed by atoms with Gasteiger partial charge in [-0.25, -0.2) is 0 Å². The lowest BCUT2D eigenvalue weighted by molar-refractivity contribution is 0.0926. The quantitative estimate of drug-likeness (QED) is 0.696. The highest BCUT2D eigenvalue weighted by atomic mass is 16.5. The Morgan fingerprint density at radius 2 is 1.81 bits per heavy atom. The summed E-state index contributed by atoms with van der Waals surface area (Å²) in [5.41, 5.74) is 3.88. The summed E-state index contributed by atoms with van der Waals surface area (Å²) < 4.78 is 7.64. The molecule has 0 spiro atoms. The van der Waals surface area contributed by atoms with Crippen molar-refractivity contribution in [2.45, 2.75) is 33.4 Å². The van der Waals surface area contributed by atoms with E-state index in [0.717, 1.165) is 22.7 Å². The van der Waals surface area contributed by atoms with E-state index in [4.69, 9.17) is 4.74 Å². The molecule has 3 rings (SSSR count). The molecule has 1 aromatic heterocycles. The molecule has 27 heavy (non-hydrogen) atoms. The Morgan fingerprint density at radius 1 is 1.11 bits per heavy atom. The summed E-state index contributed by atoms with van der Waals surface area (Å²) in [6.07, 6.45) is 0. The molecule has 0 bridgehead atoms. The zero-order valence-corrected chi connectivity index (χ0v) is 16.0. The Morgan fingerprint density at radius 3 is 2.44 bits per heavy atom. The van der Waals surface area contributed by atoms with Crippen LogP contribution < -0.4 is 10.1 Å². The molecule has 2 aromatic carbocycles. The fourth-order valence-corrected chi connectivity index (χ4v) is 2.86. The molecule has 1 atom stereocenters. The summed E-state index contributed by atoms with van der Waals surface area (Å²) in [6, 6.07) is 19.2. The van der Waals surface area contributed by atoms with Gasteiger partial charge in [0.25, 0.3) is 5.91 Å². The summed E-state index contributed by atoms with van der Waals surface area (Å²) in [4.78, 5) is 12.4. The number of nitrogens with zero attached hydrogens (tertiary/aromatic N) is 2. The van der Waals surface area contributed by atoms with Gasteiger partial charge in [0.1, 0.15) is 12.4 Å². The summed E-state index contributed by atoms with van der Waals surface area (Å²) >= 11 is 0. The number of ether oxygens (including phenoxy) is 1. The zero-order valence-electron chi connectivity index (χ0n) is 16.0. The molecular weight excluding hydrogens is 338 g/mol. The number of hydrogen-bond acceptors (Lipinski definition) is 3. The Labute approximate surface area is 160 Å². The Hall–Kier alpha value is -3.08. The molecule has 0 unspecified atom stereocenters. The third-order valence-corrected chi connectivity index (χ3v) is 4.27. The summed E-state index contributed by atoms with van der Waals surface area (Å²) in [5.74, 6) is 0.698. The molecular formula is C22H25N3O2. The summed E-state index contributed by atoms with van der Waals surface area (Å²) in [5, 5.41) is 7.44. The second kappa shape index (κ2) is 8.54. The van der Waals surface area contributed by atoms with Gasteiger partial charge in [-0.15, -0.1) is 0 Å². The van der Waals surface area contributed by atoms with Gasteiger partial charge >= 0.3 is 0 Å². The maximum Gasteiger partial charge on any atom is 0.251 e. The molecule has 5 nitrogen and oxygen atoms in total. The lowest BCUT2D eigenvalue weighted by Crippen LogP contribution is -2.36. The molecule has 0 aliphatic heterocycles. The molecule has 0 saturated heterocycles. The van der Waals surface area contributed by atoms with E-state index in [1.54, 1.807) is 0 Å². The minimum absolute atomic E-state index is 0.0907. The van der Waals surface area contributed by atoms with Crippen molar-refractivity contribution in [3.8, 4) is 5.75 Å². The van der Waals surface area contributed by atoms with E-state index in [-0.39, 0.29) is 11.9 Å². The van der Waals surface area contributed by atoms with Gasteiger partial charge in [0.05, 0.1) is 18.3 Å². The second-order valence-electron chi connectivity index (χ2n) is 6.78. The van der Waals surface area contributed by atoms with Gasteiger partial charge < -0.3 is 10.1 Å². The first kappa shape index (κ1) is 18.7. The van der Waals surface area contributed by atoms with Crippen LogP contribution in [0.2, 0.25) is 0 Å². The number of hydrogen-bond donors (Lipinski definition) is 1. The van der Waals surface area contributed by atoms with E-state index < -0.39 is 0 Å². The van der Waals surface area contributed by atoms with Crippen LogP contribution in [-0.2, 0) is 6.54 Å². The standard InChI is InChI=1S/C22H25N3O2/c1-16-13-18(3)25(24-16)14-19-9-11-20(12-10-19)22(26)23-17(2)15-27-21-7-5-4-6-8-21/h4-13,17H,14-15H2,1-3H3,(H,23,26)/t17-/m1/s1. The molecule has 3 aromatic rings. The highest BCUT2D eigenvalue weighted by Gasteiger charge is 2.11. The van der Waals surface area contributed by atoms with Crippen LogP contribution in [0.1, 0.15) is 34.2 Å². The lowest BCUT2D eigenvalue weighted by atomic mass is 10.1. The van der Waals surface area contributed by atoms with Crippen molar-refractivity contribution in [2.24, 2.45) is 0 Å². The van der Waals surface area contributed by atoms with Crippen LogP contribution in [0.3, 0.4) is 0 Å². The van der Waals surface area contributed by atoms with Crippen molar-refractivity contribution < 1.29 is 9.53 Å². The van der Waals surface area contributed by atoms with Crippen LogP contribution in [0.5, 0.6) is 5.75 Å². The van der Waals surface area contributed by atoms with E-state index in [9.17, 15) is 4.79 Å². The Bertz CT molecular complexity index is 886. The molecule has 1 heterocycles. The van der Waals surface area contributed by atoms with Gasteiger partial charge in [-0.2, -0.15) is 5.10 Å². The minimum Gasteiger partial charge on any atom is -0.491 e. The van der Waals surface area contributed by atoms with Crippen molar-refractivity contribution in [3.63, 3.8) is 0 Å². The van der Waals surface area contributed by atoms with E-state index in [1.165, 1.54) is 0 Å². The molecule has 0 aliphatic carbocycles. The number of benzene rings is 2. The number of aryl methyl sites for hydroxylation is 2. The molecule has 0 aliphatic rings. The SMILES string of the molecule is Cc1cc(C)n(Cc2ccc(C(=O)N[C@H](C)COc3ccccc3)cc2)n1. The molecule has 0 saturated carbocycles. The molecule has 1 N–H and O–H groups in total. The molecule has 0 radical (unpaired) electrons. The number of rotatable bonds is 7. The van der Waals surface area contributed by atoms with Crippen molar-refractivity contribution in [2.75, 3.05) is 6.61 Å². The van der Waals surface area contributed by atoms with Crippen molar-refractivity contribution in [3.05, 3.63) is 83.2 Å². The van der Waals surface area contributed by atoms with Crippen LogP contribution >= 0.6 is 0 Å². The first-order chi connectivity index (χ1) is 13.0. The molecule has 0 fully saturated rings. The third kappa shape index (κ3) is 5.20. The highest BCUT2D eigenvalue weighted by molar-refractivity contribution is 5.94. The van der Waals surface area contributed by atoms with Crippen molar-refractivity contribution in [1.29, 1.82) is 0 Å². The maximum atomic E-state index is 12.4. The predicted octanol–water partition coefficient (Wildman–Crippen LogP) is 3.75. The van der Waals surface area contributed by atoms with Crippen LogP contribution in [0.4, 0.5) is 0 Å².